The Balaban J connectivity index is 1.83. The molecule has 1 heterocycles. The first-order valence-corrected chi connectivity index (χ1v) is 6.01. The molecule has 3 rings (SSSR count). The molecule has 1 aliphatic heterocycles. The van der Waals surface area contributed by atoms with Crippen LogP contribution in [0.3, 0.4) is 0 Å². The van der Waals surface area contributed by atoms with Crippen LogP contribution in [0, 0.1) is 11.8 Å². The van der Waals surface area contributed by atoms with E-state index < -0.39 is 0 Å². The average molecular weight is 202 g/mol. The molecule has 0 amide bonds. The fourth-order valence-corrected chi connectivity index (χ4v) is 2.77. The summed E-state index contributed by atoms with van der Waals surface area (Å²) >= 11 is 0. The van der Waals surface area contributed by atoms with E-state index in [0.717, 1.165) is 36.5 Å². The number of ether oxygens (including phenoxy) is 1. The van der Waals surface area contributed by atoms with Crippen LogP contribution in [-0.4, -0.2) is 6.61 Å². The summed E-state index contributed by atoms with van der Waals surface area (Å²) in [5.74, 6) is 3.70. The SMILES string of the molecule is CC(C)C1CC1c1ccc2c(c1)CCO2. The van der Waals surface area contributed by atoms with Crippen LogP contribution in [0.5, 0.6) is 5.75 Å². The number of hydrogen-bond acceptors (Lipinski definition) is 1. The van der Waals surface area contributed by atoms with Gasteiger partial charge in [-0.25, -0.2) is 0 Å². The number of hydrogen-bond donors (Lipinski definition) is 0. The third-order valence-corrected chi connectivity index (χ3v) is 3.84. The molecule has 0 bridgehead atoms. The number of benzene rings is 1. The lowest BCUT2D eigenvalue weighted by atomic mass is 10.0. The summed E-state index contributed by atoms with van der Waals surface area (Å²) in [5, 5.41) is 0. The van der Waals surface area contributed by atoms with Crippen molar-refractivity contribution in [3.8, 4) is 5.75 Å². The molecule has 1 aromatic carbocycles. The highest BCUT2D eigenvalue weighted by Crippen LogP contribution is 2.52. The lowest BCUT2D eigenvalue weighted by Crippen LogP contribution is -1.92. The van der Waals surface area contributed by atoms with Crippen LogP contribution >= 0.6 is 0 Å². The van der Waals surface area contributed by atoms with Gasteiger partial charge in [-0.1, -0.05) is 26.0 Å². The quantitative estimate of drug-likeness (QED) is 0.714. The minimum atomic E-state index is 0.830. The molecule has 1 saturated carbocycles. The molecule has 2 unspecified atom stereocenters. The largest absolute Gasteiger partial charge is 0.493 e. The maximum Gasteiger partial charge on any atom is 0.122 e. The molecule has 2 atom stereocenters. The summed E-state index contributed by atoms with van der Waals surface area (Å²) in [4.78, 5) is 0. The van der Waals surface area contributed by atoms with Crippen molar-refractivity contribution in [2.45, 2.75) is 32.6 Å². The van der Waals surface area contributed by atoms with E-state index in [1.165, 1.54) is 17.5 Å². The van der Waals surface area contributed by atoms with Crippen molar-refractivity contribution in [2.75, 3.05) is 6.61 Å². The summed E-state index contributed by atoms with van der Waals surface area (Å²) in [5.41, 5.74) is 2.96. The summed E-state index contributed by atoms with van der Waals surface area (Å²) in [6.45, 7) is 5.54. The van der Waals surface area contributed by atoms with Crippen molar-refractivity contribution < 1.29 is 4.74 Å². The monoisotopic (exact) mass is 202 g/mol. The zero-order chi connectivity index (χ0) is 10.4. The van der Waals surface area contributed by atoms with Gasteiger partial charge in [0.05, 0.1) is 6.61 Å². The van der Waals surface area contributed by atoms with Gasteiger partial charge >= 0.3 is 0 Å². The van der Waals surface area contributed by atoms with Gasteiger partial charge in [-0.15, -0.1) is 0 Å². The Morgan fingerprint density at radius 2 is 2.20 bits per heavy atom. The van der Waals surface area contributed by atoms with Crippen molar-refractivity contribution in [3.05, 3.63) is 29.3 Å². The maximum absolute atomic E-state index is 5.53. The van der Waals surface area contributed by atoms with E-state index in [0.29, 0.717) is 0 Å². The van der Waals surface area contributed by atoms with Crippen molar-refractivity contribution >= 4 is 0 Å². The third-order valence-electron chi connectivity index (χ3n) is 3.84. The fraction of sp³-hybridized carbons (Fsp3) is 0.571. The first-order valence-electron chi connectivity index (χ1n) is 6.01. The van der Waals surface area contributed by atoms with E-state index >= 15 is 0 Å². The molecule has 1 aromatic rings. The lowest BCUT2D eigenvalue weighted by Gasteiger charge is -2.05. The van der Waals surface area contributed by atoms with Gasteiger partial charge in [0.25, 0.3) is 0 Å². The predicted octanol–water partition coefficient (Wildman–Crippen LogP) is 3.38. The van der Waals surface area contributed by atoms with Crippen molar-refractivity contribution in [1.29, 1.82) is 0 Å². The topological polar surface area (TPSA) is 9.23 Å². The van der Waals surface area contributed by atoms with Gasteiger partial charge < -0.3 is 4.74 Å². The van der Waals surface area contributed by atoms with Crippen molar-refractivity contribution in [3.63, 3.8) is 0 Å². The van der Waals surface area contributed by atoms with E-state index in [2.05, 4.69) is 32.0 Å². The summed E-state index contributed by atoms with van der Waals surface area (Å²) < 4.78 is 5.53. The molecule has 0 radical (unpaired) electrons. The molecule has 2 aliphatic rings. The van der Waals surface area contributed by atoms with Crippen LogP contribution in [0.1, 0.15) is 37.3 Å². The Morgan fingerprint density at radius 3 is 2.93 bits per heavy atom. The minimum Gasteiger partial charge on any atom is -0.493 e. The second-order valence-electron chi connectivity index (χ2n) is 5.22. The van der Waals surface area contributed by atoms with E-state index in [9.17, 15) is 0 Å². The van der Waals surface area contributed by atoms with Crippen LogP contribution in [0.2, 0.25) is 0 Å². The predicted molar refractivity (Wildman–Crippen MR) is 61.3 cm³/mol. The Hall–Kier alpha value is -0.980. The number of fused-ring (bicyclic) bond motifs is 1. The zero-order valence-electron chi connectivity index (χ0n) is 9.49. The Kier molecular flexibility index (Phi) is 2.01. The molecule has 1 nitrogen and oxygen atoms in total. The van der Waals surface area contributed by atoms with Gasteiger partial charge in [0.15, 0.2) is 0 Å². The number of rotatable bonds is 2. The summed E-state index contributed by atoms with van der Waals surface area (Å²) in [7, 11) is 0. The smallest absolute Gasteiger partial charge is 0.122 e. The lowest BCUT2D eigenvalue weighted by molar-refractivity contribution is 0.357. The van der Waals surface area contributed by atoms with Gasteiger partial charge in [0.1, 0.15) is 5.75 Å². The maximum atomic E-state index is 5.53. The van der Waals surface area contributed by atoms with Crippen molar-refractivity contribution in [2.24, 2.45) is 11.8 Å². The average Bonchev–Trinajstić information content (AvgIpc) is 2.89. The fourth-order valence-electron chi connectivity index (χ4n) is 2.77. The minimum absolute atomic E-state index is 0.830. The van der Waals surface area contributed by atoms with Crippen LogP contribution in [0.4, 0.5) is 0 Å². The first-order chi connectivity index (χ1) is 7.25. The second-order valence-corrected chi connectivity index (χ2v) is 5.22. The second kappa shape index (κ2) is 3.26. The van der Waals surface area contributed by atoms with Crippen LogP contribution in [-0.2, 0) is 6.42 Å². The molecule has 1 heteroatoms. The Labute approximate surface area is 91.5 Å². The molecule has 15 heavy (non-hydrogen) atoms. The molecule has 0 N–H and O–H groups in total. The van der Waals surface area contributed by atoms with Gasteiger partial charge in [-0.05, 0) is 41.4 Å². The third kappa shape index (κ3) is 1.54. The highest BCUT2D eigenvalue weighted by atomic mass is 16.5. The molecule has 0 saturated heterocycles. The standard InChI is InChI=1S/C14H18O/c1-9(2)12-8-13(12)10-3-4-14-11(7-10)5-6-15-14/h3-4,7,9,12-13H,5-6,8H2,1-2H3. The van der Waals surface area contributed by atoms with Gasteiger partial charge in [-0.3, -0.25) is 0 Å². The molecule has 0 spiro atoms. The van der Waals surface area contributed by atoms with Gasteiger partial charge in [0.2, 0.25) is 0 Å². The molecule has 1 aliphatic carbocycles. The molecular formula is C14H18O. The normalized spacial score (nSPS) is 27.7. The van der Waals surface area contributed by atoms with Crippen LogP contribution < -0.4 is 4.74 Å². The molecule has 1 fully saturated rings. The van der Waals surface area contributed by atoms with E-state index in [1.54, 1.807) is 0 Å². The van der Waals surface area contributed by atoms with Crippen LogP contribution in [0.25, 0.3) is 0 Å². The van der Waals surface area contributed by atoms with Gasteiger partial charge in [0, 0.05) is 6.42 Å². The van der Waals surface area contributed by atoms with Crippen LogP contribution in [0.15, 0.2) is 18.2 Å². The zero-order valence-corrected chi connectivity index (χ0v) is 9.49. The molecular weight excluding hydrogens is 184 g/mol. The van der Waals surface area contributed by atoms with E-state index in [-0.39, 0.29) is 0 Å². The highest BCUT2D eigenvalue weighted by molar-refractivity contribution is 5.42. The first kappa shape index (κ1) is 9.26. The highest BCUT2D eigenvalue weighted by Gasteiger charge is 2.40. The molecule has 80 valence electrons. The molecule has 0 aromatic heterocycles. The van der Waals surface area contributed by atoms with Crippen molar-refractivity contribution in [1.82, 2.24) is 0 Å². The van der Waals surface area contributed by atoms with E-state index in [1.807, 2.05) is 0 Å². The van der Waals surface area contributed by atoms with Gasteiger partial charge in [-0.2, -0.15) is 0 Å². The Bertz CT molecular complexity index is 381. The van der Waals surface area contributed by atoms with E-state index in [4.69, 9.17) is 4.74 Å². The summed E-state index contributed by atoms with van der Waals surface area (Å²) in [6, 6.07) is 6.79. The summed E-state index contributed by atoms with van der Waals surface area (Å²) in [6.07, 6.45) is 2.49. The Morgan fingerprint density at radius 1 is 1.33 bits per heavy atom.